The van der Waals surface area contributed by atoms with Crippen molar-refractivity contribution in [1.82, 2.24) is 19.7 Å². The van der Waals surface area contributed by atoms with E-state index >= 15 is 0 Å². The van der Waals surface area contributed by atoms with Crippen molar-refractivity contribution in [3.63, 3.8) is 0 Å². The van der Waals surface area contributed by atoms with E-state index in [1.54, 1.807) is 11.9 Å². The second-order valence-corrected chi connectivity index (χ2v) is 6.95. The maximum absolute atomic E-state index is 14.4. The van der Waals surface area contributed by atoms with Crippen molar-refractivity contribution >= 4 is 22.7 Å². The summed E-state index contributed by atoms with van der Waals surface area (Å²) in [4.78, 5) is 23.2. The number of nitrogens with one attached hydrogen (secondary N) is 1. The highest BCUT2D eigenvalue weighted by molar-refractivity contribution is 5.74. The molecule has 1 aliphatic rings. The number of aryl methyl sites for hydroxylation is 1. The van der Waals surface area contributed by atoms with Crippen molar-refractivity contribution in [2.75, 3.05) is 56.3 Å². The molecule has 3 heterocycles. The molecule has 1 aromatic carbocycles. The molecular weight excluding hydrogens is 398 g/mol. The Kier molecular flexibility index (Phi) is 5.53. The molecule has 1 saturated heterocycles. The molecule has 1 N–H and O–H groups in total. The lowest BCUT2D eigenvalue weighted by atomic mass is 10.2. The minimum atomic E-state index is -0.963. The van der Waals surface area contributed by atoms with Crippen LogP contribution in [0.3, 0.4) is 0 Å². The predicted molar refractivity (Wildman–Crippen MR) is 107 cm³/mol. The molecule has 0 saturated carbocycles. The van der Waals surface area contributed by atoms with Crippen LogP contribution in [0.15, 0.2) is 23.1 Å². The first-order chi connectivity index (χ1) is 14.5. The summed E-state index contributed by atoms with van der Waals surface area (Å²) >= 11 is 0. The van der Waals surface area contributed by atoms with Gasteiger partial charge in [-0.05, 0) is 0 Å². The minimum absolute atomic E-state index is 0.144. The van der Waals surface area contributed by atoms with Gasteiger partial charge >= 0.3 is 0 Å². The summed E-state index contributed by atoms with van der Waals surface area (Å²) in [5.74, 6) is -1.20. The molecule has 30 heavy (non-hydrogen) atoms. The average Bonchev–Trinajstić information content (AvgIpc) is 3.12. The van der Waals surface area contributed by atoms with Crippen molar-refractivity contribution in [2.45, 2.75) is 0 Å². The van der Waals surface area contributed by atoms with Crippen LogP contribution in [0.25, 0.3) is 11.0 Å². The third-order valence-corrected chi connectivity index (χ3v) is 5.05. The lowest BCUT2D eigenvalue weighted by Crippen LogP contribution is -2.47. The third kappa shape index (κ3) is 3.80. The highest BCUT2D eigenvalue weighted by Crippen LogP contribution is 2.29. The molecule has 160 valence electrons. The zero-order valence-electron chi connectivity index (χ0n) is 16.7. The Balaban J connectivity index is 1.51. The summed E-state index contributed by atoms with van der Waals surface area (Å²) in [6, 6.07) is 2.52. The van der Waals surface area contributed by atoms with Crippen LogP contribution < -0.4 is 20.1 Å². The molecule has 0 aliphatic carbocycles. The van der Waals surface area contributed by atoms with Crippen molar-refractivity contribution in [1.29, 1.82) is 0 Å². The zero-order chi connectivity index (χ0) is 21.3. The number of benzene rings is 1. The van der Waals surface area contributed by atoms with Crippen LogP contribution in [0.2, 0.25) is 0 Å². The molecule has 3 aromatic rings. The number of H-pyrrole nitrogens is 1. The molecule has 11 heteroatoms. The number of hydrogen-bond donors (Lipinski definition) is 1. The molecule has 0 bridgehead atoms. The second kappa shape index (κ2) is 8.27. The summed E-state index contributed by atoms with van der Waals surface area (Å²) in [6.45, 7) is 2.38. The Morgan fingerprint density at radius 1 is 1.13 bits per heavy atom. The number of hydrogen-bond acceptors (Lipinski definition) is 7. The van der Waals surface area contributed by atoms with Crippen LogP contribution in [0.4, 0.5) is 20.4 Å². The maximum atomic E-state index is 14.4. The van der Waals surface area contributed by atoms with Gasteiger partial charge in [0.1, 0.15) is 17.7 Å². The fraction of sp³-hybridized carbons (Fsp3) is 0.421. The van der Waals surface area contributed by atoms with Gasteiger partial charge in [0.15, 0.2) is 17.3 Å². The lowest BCUT2D eigenvalue weighted by molar-refractivity contribution is 0.146. The van der Waals surface area contributed by atoms with E-state index in [0.29, 0.717) is 49.8 Å². The van der Waals surface area contributed by atoms with Gasteiger partial charge in [0, 0.05) is 52.5 Å². The van der Waals surface area contributed by atoms with E-state index in [4.69, 9.17) is 9.47 Å². The predicted octanol–water partition coefficient (Wildman–Crippen LogP) is 1.29. The highest BCUT2D eigenvalue weighted by Gasteiger charge is 2.24. The molecule has 0 atom stereocenters. The van der Waals surface area contributed by atoms with Gasteiger partial charge < -0.3 is 19.3 Å². The Bertz CT molecular complexity index is 1110. The van der Waals surface area contributed by atoms with E-state index in [-0.39, 0.29) is 23.6 Å². The number of piperazine rings is 1. The zero-order valence-corrected chi connectivity index (χ0v) is 16.7. The van der Waals surface area contributed by atoms with E-state index in [1.807, 2.05) is 4.90 Å². The molecule has 4 rings (SSSR count). The number of ether oxygens (including phenoxy) is 2. The third-order valence-electron chi connectivity index (χ3n) is 5.05. The monoisotopic (exact) mass is 420 g/mol. The van der Waals surface area contributed by atoms with Crippen molar-refractivity contribution in [2.24, 2.45) is 7.05 Å². The van der Waals surface area contributed by atoms with Gasteiger partial charge in [-0.3, -0.25) is 14.5 Å². The van der Waals surface area contributed by atoms with Gasteiger partial charge in [0.2, 0.25) is 5.95 Å². The summed E-state index contributed by atoms with van der Waals surface area (Å²) in [5, 5.41) is 4.48. The van der Waals surface area contributed by atoms with Gasteiger partial charge in [-0.1, -0.05) is 0 Å². The van der Waals surface area contributed by atoms with Gasteiger partial charge in [0.25, 0.3) is 5.56 Å². The van der Waals surface area contributed by atoms with Crippen molar-refractivity contribution in [3.05, 3.63) is 40.3 Å². The number of nitrogens with zero attached hydrogens (tertiary/aromatic N) is 5. The van der Waals surface area contributed by atoms with Gasteiger partial charge in [-0.2, -0.15) is 10.1 Å². The first-order valence-electron chi connectivity index (χ1n) is 9.50. The van der Waals surface area contributed by atoms with E-state index in [9.17, 15) is 13.6 Å². The highest BCUT2D eigenvalue weighted by atomic mass is 19.2. The number of anilines is 2. The van der Waals surface area contributed by atoms with Crippen LogP contribution >= 0.6 is 0 Å². The number of rotatable bonds is 6. The Hall–Kier alpha value is -3.21. The summed E-state index contributed by atoms with van der Waals surface area (Å²) in [6.07, 6.45) is 1.47. The molecule has 9 nitrogen and oxygen atoms in total. The van der Waals surface area contributed by atoms with E-state index < -0.39 is 11.6 Å². The fourth-order valence-corrected chi connectivity index (χ4v) is 3.44. The smallest absolute Gasteiger partial charge is 0.263 e. The normalized spacial score (nSPS) is 14.5. The molecule has 1 fully saturated rings. The Morgan fingerprint density at radius 3 is 2.60 bits per heavy atom. The quantitative estimate of drug-likeness (QED) is 0.601. The van der Waals surface area contributed by atoms with Gasteiger partial charge in [0.05, 0.1) is 18.5 Å². The summed E-state index contributed by atoms with van der Waals surface area (Å²) < 4.78 is 40.4. The maximum Gasteiger partial charge on any atom is 0.263 e. The first-order valence-corrected chi connectivity index (χ1v) is 9.50. The average molecular weight is 420 g/mol. The Morgan fingerprint density at radius 2 is 1.87 bits per heavy atom. The minimum Gasteiger partial charge on any atom is -0.491 e. The van der Waals surface area contributed by atoms with Crippen molar-refractivity contribution in [3.8, 4) is 5.75 Å². The van der Waals surface area contributed by atoms with E-state index in [0.717, 1.165) is 6.07 Å². The number of halogens is 2. The molecule has 0 unspecified atom stereocenters. The first kappa shape index (κ1) is 20.1. The molecule has 2 aromatic heterocycles. The summed E-state index contributed by atoms with van der Waals surface area (Å²) in [5.41, 5.74) is 0.371. The SMILES string of the molecule is COCCOc1cc(F)c(F)c(N2CCN(c3nc4c(cnn4C)c(=O)[nH]3)CC2)c1. The molecule has 0 radical (unpaired) electrons. The standard InChI is InChI=1S/C19H22F2N6O3/c1-25-17-13(11-22-25)18(28)24-19(23-17)27-5-3-26(4-6-27)15-10-12(30-8-7-29-2)9-14(20)16(15)21/h9-11H,3-8H2,1-2H3,(H,23,24,28). The Labute approximate surface area is 170 Å². The lowest BCUT2D eigenvalue weighted by Gasteiger charge is -2.36. The largest absolute Gasteiger partial charge is 0.491 e. The van der Waals surface area contributed by atoms with E-state index in [2.05, 4.69) is 15.1 Å². The van der Waals surface area contributed by atoms with Crippen LogP contribution in [0, 0.1) is 11.6 Å². The van der Waals surface area contributed by atoms with Gasteiger partial charge in [-0.25, -0.2) is 8.78 Å². The summed E-state index contributed by atoms with van der Waals surface area (Å²) in [7, 11) is 3.25. The van der Waals surface area contributed by atoms with Crippen LogP contribution in [0.1, 0.15) is 0 Å². The van der Waals surface area contributed by atoms with Crippen LogP contribution in [-0.4, -0.2) is 66.3 Å². The fourth-order valence-electron chi connectivity index (χ4n) is 3.44. The molecule has 0 spiro atoms. The molecule has 1 aliphatic heterocycles. The van der Waals surface area contributed by atoms with E-state index in [1.165, 1.54) is 24.1 Å². The topological polar surface area (TPSA) is 88.5 Å². The van der Waals surface area contributed by atoms with Crippen molar-refractivity contribution < 1.29 is 18.3 Å². The molecular formula is C19H22F2N6O3. The van der Waals surface area contributed by atoms with Crippen LogP contribution in [0.5, 0.6) is 5.75 Å². The molecule has 0 amide bonds. The van der Waals surface area contributed by atoms with Gasteiger partial charge in [-0.15, -0.1) is 0 Å². The van der Waals surface area contributed by atoms with Crippen LogP contribution in [-0.2, 0) is 11.8 Å². The second-order valence-electron chi connectivity index (χ2n) is 6.95. The number of methoxy groups -OCH3 is 1. The number of fused-ring (bicyclic) bond motifs is 1. The number of aromatic amines is 1. The number of aromatic nitrogens is 4.